The zero-order valence-corrected chi connectivity index (χ0v) is 14.3. The van der Waals surface area contributed by atoms with E-state index in [0.29, 0.717) is 11.1 Å². The summed E-state index contributed by atoms with van der Waals surface area (Å²) in [5.74, 6) is -0.881. The van der Waals surface area contributed by atoms with E-state index in [1.165, 1.54) is 12.4 Å². The fourth-order valence-corrected chi connectivity index (χ4v) is 2.71. The van der Waals surface area contributed by atoms with Gasteiger partial charge < -0.3 is 11.5 Å². The zero-order valence-electron chi connectivity index (χ0n) is 14.3. The van der Waals surface area contributed by atoms with E-state index in [-0.39, 0.29) is 0 Å². The van der Waals surface area contributed by atoms with Crippen LogP contribution in [-0.4, -0.2) is 21.8 Å². The van der Waals surface area contributed by atoms with Crippen LogP contribution >= 0.6 is 0 Å². The molecule has 2 aromatic rings. The number of nitrogens with zero attached hydrogens (tertiary/aromatic N) is 2. The van der Waals surface area contributed by atoms with Gasteiger partial charge in [0.05, 0.1) is 11.1 Å². The number of aryl methyl sites for hydroxylation is 2. The molecule has 6 nitrogen and oxygen atoms in total. The van der Waals surface area contributed by atoms with E-state index in [1.54, 1.807) is 12.4 Å². The molecule has 0 aliphatic heterocycles. The second kappa shape index (κ2) is 9.52. The Balaban J connectivity index is 1.62. The van der Waals surface area contributed by atoms with E-state index in [1.807, 2.05) is 12.1 Å². The molecule has 132 valence electrons. The van der Waals surface area contributed by atoms with Crippen molar-refractivity contribution in [2.24, 2.45) is 11.5 Å². The molecule has 2 aromatic heterocycles. The first-order chi connectivity index (χ1) is 12.1. The van der Waals surface area contributed by atoms with Crippen LogP contribution in [0, 0.1) is 0 Å². The van der Waals surface area contributed by atoms with Crippen molar-refractivity contribution in [3.63, 3.8) is 0 Å². The van der Waals surface area contributed by atoms with Gasteiger partial charge in [0, 0.05) is 24.8 Å². The maximum Gasteiger partial charge on any atom is 0.250 e. The average Bonchev–Trinajstić information content (AvgIpc) is 2.61. The molecule has 0 radical (unpaired) electrons. The number of hydrogen-bond acceptors (Lipinski definition) is 4. The lowest BCUT2D eigenvalue weighted by atomic mass is 10.0. The van der Waals surface area contributed by atoms with Gasteiger partial charge in [-0.15, -0.1) is 0 Å². The van der Waals surface area contributed by atoms with Gasteiger partial charge >= 0.3 is 0 Å². The van der Waals surface area contributed by atoms with E-state index in [0.717, 1.165) is 56.1 Å². The molecule has 0 aromatic carbocycles. The van der Waals surface area contributed by atoms with Crippen molar-refractivity contribution in [3.05, 3.63) is 59.2 Å². The van der Waals surface area contributed by atoms with Crippen LogP contribution in [0.15, 0.2) is 36.9 Å². The van der Waals surface area contributed by atoms with Crippen molar-refractivity contribution < 1.29 is 9.59 Å². The van der Waals surface area contributed by atoms with E-state index < -0.39 is 11.8 Å². The maximum atomic E-state index is 11.1. The lowest BCUT2D eigenvalue weighted by Gasteiger charge is -2.04. The molecule has 2 rings (SSSR count). The molecular weight excluding hydrogens is 316 g/mol. The molecule has 25 heavy (non-hydrogen) atoms. The molecule has 0 fully saturated rings. The predicted molar refractivity (Wildman–Crippen MR) is 96.0 cm³/mol. The van der Waals surface area contributed by atoms with Crippen molar-refractivity contribution in [1.82, 2.24) is 9.97 Å². The molecule has 0 atom stereocenters. The molecule has 0 aliphatic carbocycles. The maximum absolute atomic E-state index is 11.1. The number of unbranched alkanes of at least 4 members (excludes halogenated alkanes) is 4. The number of nitrogens with two attached hydrogens (primary N) is 2. The third-order valence-corrected chi connectivity index (χ3v) is 4.09. The molecular formula is C19H24N4O2. The Bertz CT molecular complexity index is 669. The van der Waals surface area contributed by atoms with E-state index in [9.17, 15) is 9.59 Å². The van der Waals surface area contributed by atoms with E-state index in [4.69, 9.17) is 11.5 Å². The third-order valence-electron chi connectivity index (χ3n) is 4.09. The average molecular weight is 340 g/mol. The predicted octanol–water partition coefficient (Wildman–Crippen LogP) is 2.41. The number of carbonyl (C=O) groups excluding carboxylic acids is 2. The summed E-state index contributed by atoms with van der Waals surface area (Å²) in [6.45, 7) is 0. The number of aromatic nitrogens is 2. The summed E-state index contributed by atoms with van der Waals surface area (Å²) in [4.78, 5) is 30.4. The van der Waals surface area contributed by atoms with Gasteiger partial charge in [0.2, 0.25) is 11.8 Å². The molecule has 4 N–H and O–H groups in total. The molecule has 0 spiro atoms. The van der Waals surface area contributed by atoms with Crippen molar-refractivity contribution >= 4 is 11.8 Å². The summed E-state index contributed by atoms with van der Waals surface area (Å²) >= 11 is 0. The van der Waals surface area contributed by atoms with Crippen LogP contribution < -0.4 is 11.5 Å². The lowest BCUT2D eigenvalue weighted by molar-refractivity contribution is 0.0991. The number of amides is 2. The van der Waals surface area contributed by atoms with Gasteiger partial charge in [-0.25, -0.2) is 0 Å². The monoisotopic (exact) mass is 340 g/mol. The SMILES string of the molecule is NC(=O)c1cncc(CCCCCCCc2cncc(C(N)=O)c2)c1. The third kappa shape index (κ3) is 6.33. The fraction of sp³-hybridized carbons (Fsp3) is 0.368. The van der Waals surface area contributed by atoms with Crippen molar-refractivity contribution in [3.8, 4) is 0 Å². The topological polar surface area (TPSA) is 112 Å². The number of pyridine rings is 2. The minimum atomic E-state index is -0.441. The minimum Gasteiger partial charge on any atom is -0.366 e. The number of rotatable bonds is 10. The standard InChI is InChI=1S/C19H24N4O2/c20-18(24)16-8-14(10-22-12-16)6-4-2-1-3-5-7-15-9-17(19(21)25)13-23-11-15/h8-13H,1-7H2,(H2,20,24)(H2,21,25). The van der Waals surface area contributed by atoms with Crippen LogP contribution in [0.3, 0.4) is 0 Å². The largest absolute Gasteiger partial charge is 0.366 e. The first-order valence-electron chi connectivity index (χ1n) is 8.53. The van der Waals surface area contributed by atoms with Gasteiger partial charge in [-0.3, -0.25) is 19.6 Å². The highest BCUT2D eigenvalue weighted by atomic mass is 16.1. The Labute approximate surface area is 147 Å². The smallest absolute Gasteiger partial charge is 0.250 e. The molecule has 2 heterocycles. The van der Waals surface area contributed by atoms with Crippen LogP contribution in [0.2, 0.25) is 0 Å². The summed E-state index contributed by atoms with van der Waals surface area (Å²) < 4.78 is 0. The molecule has 0 unspecified atom stereocenters. The van der Waals surface area contributed by atoms with Gasteiger partial charge in [-0.2, -0.15) is 0 Å². The molecule has 0 bridgehead atoms. The van der Waals surface area contributed by atoms with E-state index >= 15 is 0 Å². The van der Waals surface area contributed by atoms with Crippen molar-refractivity contribution in [2.45, 2.75) is 44.9 Å². The number of primary amides is 2. The number of carbonyl (C=O) groups is 2. The van der Waals surface area contributed by atoms with Gasteiger partial charge in [0.25, 0.3) is 0 Å². The Morgan fingerprint density at radius 2 is 1.08 bits per heavy atom. The van der Waals surface area contributed by atoms with Gasteiger partial charge in [0.1, 0.15) is 0 Å². The first-order valence-corrected chi connectivity index (χ1v) is 8.53. The second-order valence-electron chi connectivity index (χ2n) is 6.16. The molecule has 0 saturated carbocycles. The Morgan fingerprint density at radius 3 is 1.48 bits per heavy atom. The van der Waals surface area contributed by atoms with Gasteiger partial charge in [0.15, 0.2) is 0 Å². The fourth-order valence-electron chi connectivity index (χ4n) is 2.71. The van der Waals surface area contributed by atoms with Gasteiger partial charge in [-0.1, -0.05) is 19.3 Å². The van der Waals surface area contributed by atoms with Crippen molar-refractivity contribution in [1.29, 1.82) is 0 Å². The Hall–Kier alpha value is -2.76. The van der Waals surface area contributed by atoms with Crippen LogP contribution in [0.25, 0.3) is 0 Å². The summed E-state index contributed by atoms with van der Waals surface area (Å²) in [7, 11) is 0. The first kappa shape index (κ1) is 18.6. The van der Waals surface area contributed by atoms with Gasteiger partial charge in [-0.05, 0) is 48.9 Å². The second-order valence-corrected chi connectivity index (χ2v) is 6.16. The van der Waals surface area contributed by atoms with Crippen LogP contribution in [0.5, 0.6) is 0 Å². The molecule has 0 saturated heterocycles. The molecule has 2 amide bonds. The normalized spacial score (nSPS) is 10.6. The number of hydrogen-bond donors (Lipinski definition) is 2. The summed E-state index contributed by atoms with van der Waals surface area (Å²) in [6, 6.07) is 3.63. The zero-order chi connectivity index (χ0) is 18.1. The summed E-state index contributed by atoms with van der Waals surface area (Å²) in [6.07, 6.45) is 13.9. The minimum absolute atomic E-state index is 0.441. The lowest BCUT2D eigenvalue weighted by Crippen LogP contribution is -2.11. The Morgan fingerprint density at radius 1 is 0.680 bits per heavy atom. The molecule has 6 heteroatoms. The Kier molecular flexibility index (Phi) is 7.07. The van der Waals surface area contributed by atoms with Crippen molar-refractivity contribution in [2.75, 3.05) is 0 Å². The van der Waals surface area contributed by atoms with Crippen LogP contribution in [0.4, 0.5) is 0 Å². The quantitative estimate of drug-likeness (QED) is 0.647. The van der Waals surface area contributed by atoms with E-state index in [2.05, 4.69) is 9.97 Å². The highest BCUT2D eigenvalue weighted by Gasteiger charge is 2.03. The highest BCUT2D eigenvalue weighted by Crippen LogP contribution is 2.12. The summed E-state index contributed by atoms with van der Waals surface area (Å²) in [5.41, 5.74) is 13.5. The highest BCUT2D eigenvalue weighted by molar-refractivity contribution is 5.92. The molecule has 0 aliphatic rings. The summed E-state index contributed by atoms with van der Waals surface area (Å²) in [5, 5.41) is 0. The van der Waals surface area contributed by atoms with Crippen LogP contribution in [-0.2, 0) is 12.8 Å². The van der Waals surface area contributed by atoms with Crippen LogP contribution in [0.1, 0.15) is 63.9 Å².